The van der Waals surface area contributed by atoms with Crippen LogP contribution in [-0.4, -0.2) is 22.9 Å². The zero-order valence-electron chi connectivity index (χ0n) is 12.9. The molecule has 0 saturated carbocycles. The maximum Gasteiger partial charge on any atom is 0.120 e. The number of phenols is 1. The van der Waals surface area contributed by atoms with Crippen molar-refractivity contribution in [1.29, 1.82) is 0 Å². The average molecular weight is 307 g/mol. The summed E-state index contributed by atoms with van der Waals surface area (Å²) in [6.07, 6.45) is 0.171. The third-order valence-electron chi connectivity index (χ3n) is 4.01. The maximum atomic E-state index is 10.1. The number of aromatic hydroxyl groups is 1. The molecule has 23 heavy (non-hydrogen) atoms. The second kappa shape index (κ2) is 7.27. The largest absolute Gasteiger partial charge is 0.508 e. The van der Waals surface area contributed by atoms with Gasteiger partial charge in [-0.25, -0.2) is 0 Å². The van der Waals surface area contributed by atoms with Gasteiger partial charge in [0.25, 0.3) is 0 Å². The molecular formula is C20H21NO2. The number of hydrogen-bond acceptors (Lipinski definition) is 3. The molecule has 1 unspecified atom stereocenters. The van der Waals surface area contributed by atoms with Gasteiger partial charge in [-0.1, -0.05) is 60.7 Å². The van der Waals surface area contributed by atoms with Crippen LogP contribution in [0.5, 0.6) is 5.75 Å². The Balaban J connectivity index is 1.61. The van der Waals surface area contributed by atoms with E-state index in [9.17, 15) is 10.2 Å². The summed E-state index contributed by atoms with van der Waals surface area (Å²) in [5.74, 6) is 0.286. The minimum Gasteiger partial charge on any atom is -0.508 e. The van der Waals surface area contributed by atoms with Crippen LogP contribution in [0.2, 0.25) is 0 Å². The van der Waals surface area contributed by atoms with Gasteiger partial charge in [0, 0.05) is 18.7 Å². The number of fused-ring (bicyclic) bond motifs is 1. The molecule has 0 aromatic heterocycles. The van der Waals surface area contributed by atoms with Gasteiger partial charge in [0.15, 0.2) is 0 Å². The first-order chi connectivity index (χ1) is 11.2. The number of aliphatic hydroxyl groups excluding tert-OH is 1. The Hall–Kier alpha value is -2.36. The summed E-state index contributed by atoms with van der Waals surface area (Å²) in [7, 11) is 0. The van der Waals surface area contributed by atoms with Crippen molar-refractivity contribution in [2.24, 2.45) is 0 Å². The van der Waals surface area contributed by atoms with E-state index < -0.39 is 6.10 Å². The van der Waals surface area contributed by atoms with E-state index in [1.807, 2.05) is 60.7 Å². The topological polar surface area (TPSA) is 52.5 Å². The summed E-state index contributed by atoms with van der Waals surface area (Å²) >= 11 is 0. The third kappa shape index (κ3) is 3.89. The minimum absolute atomic E-state index is 0.286. The Morgan fingerprint density at radius 2 is 1.61 bits per heavy atom. The maximum absolute atomic E-state index is 10.1. The standard InChI is InChI=1S/C20H21NO2/c22-17(12-15-6-2-1-3-7-15)13-21-14-19-18-9-5-4-8-16(18)10-11-20(19)23/h1-11,17,21-23H,12-14H2. The highest BCUT2D eigenvalue weighted by Crippen LogP contribution is 2.26. The Bertz CT molecular complexity index is 771. The van der Waals surface area contributed by atoms with Crippen LogP contribution >= 0.6 is 0 Å². The summed E-state index contributed by atoms with van der Waals surface area (Å²) in [5.41, 5.74) is 1.99. The zero-order valence-corrected chi connectivity index (χ0v) is 12.9. The van der Waals surface area contributed by atoms with Crippen LogP contribution in [0.25, 0.3) is 10.8 Å². The van der Waals surface area contributed by atoms with E-state index in [1.165, 1.54) is 0 Å². The molecule has 118 valence electrons. The number of benzene rings is 3. The monoisotopic (exact) mass is 307 g/mol. The van der Waals surface area contributed by atoms with E-state index in [0.717, 1.165) is 21.9 Å². The van der Waals surface area contributed by atoms with Crippen LogP contribution in [0.3, 0.4) is 0 Å². The number of rotatable bonds is 6. The molecule has 3 heteroatoms. The van der Waals surface area contributed by atoms with Gasteiger partial charge < -0.3 is 15.5 Å². The molecule has 3 aromatic carbocycles. The normalized spacial score (nSPS) is 12.4. The molecule has 0 amide bonds. The lowest BCUT2D eigenvalue weighted by molar-refractivity contribution is 0.171. The number of phenolic OH excluding ortho intramolecular Hbond substituents is 1. The van der Waals surface area contributed by atoms with Crippen molar-refractivity contribution in [2.45, 2.75) is 19.1 Å². The predicted octanol–water partition coefficient (Wildman–Crippen LogP) is 3.24. The second-order valence-electron chi connectivity index (χ2n) is 5.76. The zero-order chi connectivity index (χ0) is 16.1. The van der Waals surface area contributed by atoms with E-state index in [4.69, 9.17) is 0 Å². The van der Waals surface area contributed by atoms with Crippen molar-refractivity contribution in [1.82, 2.24) is 5.32 Å². The van der Waals surface area contributed by atoms with E-state index in [2.05, 4.69) is 5.32 Å². The highest BCUT2D eigenvalue weighted by Gasteiger charge is 2.09. The summed E-state index contributed by atoms with van der Waals surface area (Å²) in [4.78, 5) is 0. The lowest BCUT2D eigenvalue weighted by Gasteiger charge is -2.14. The first kappa shape index (κ1) is 15.5. The van der Waals surface area contributed by atoms with E-state index in [0.29, 0.717) is 19.5 Å². The van der Waals surface area contributed by atoms with Crippen LogP contribution < -0.4 is 5.32 Å². The minimum atomic E-state index is -0.450. The van der Waals surface area contributed by atoms with Crippen molar-refractivity contribution in [3.05, 3.63) is 77.9 Å². The van der Waals surface area contributed by atoms with Crippen LogP contribution in [0.4, 0.5) is 0 Å². The lowest BCUT2D eigenvalue weighted by Crippen LogP contribution is -2.28. The Morgan fingerprint density at radius 1 is 0.870 bits per heavy atom. The van der Waals surface area contributed by atoms with E-state index in [-0.39, 0.29) is 5.75 Å². The quantitative estimate of drug-likeness (QED) is 0.655. The number of nitrogens with one attached hydrogen (secondary N) is 1. The highest BCUT2D eigenvalue weighted by atomic mass is 16.3. The molecule has 0 bridgehead atoms. The van der Waals surface area contributed by atoms with E-state index in [1.54, 1.807) is 6.07 Å². The van der Waals surface area contributed by atoms with Crippen LogP contribution in [0, 0.1) is 0 Å². The molecule has 3 nitrogen and oxygen atoms in total. The molecule has 0 radical (unpaired) electrons. The molecule has 1 atom stereocenters. The SMILES string of the molecule is Oc1ccc2ccccc2c1CNCC(O)Cc1ccccc1. The third-order valence-corrected chi connectivity index (χ3v) is 4.01. The fraction of sp³-hybridized carbons (Fsp3) is 0.200. The van der Waals surface area contributed by atoms with Crippen molar-refractivity contribution >= 4 is 10.8 Å². The van der Waals surface area contributed by atoms with Crippen LogP contribution in [0.1, 0.15) is 11.1 Å². The lowest BCUT2D eigenvalue weighted by atomic mass is 10.0. The van der Waals surface area contributed by atoms with Crippen molar-refractivity contribution in [2.75, 3.05) is 6.54 Å². The van der Waals surface area contributed by atoms with Crippen molar-refractivity contribution < 1.29 is 10.2 Å². The van der Waals surface area contributed by atoms with Gasteiger partial charge in [0.1, 0.15) is 5.75 Å². The van der Waals surface area contributed by atoms with E-state index >= 15 is 0 Å². The van der Waals surface area contributed by atoms with Gasteiger partial charge in [0.2, 0.25) is 0 Å². The van der Waals surface area contributed by atoms with Crippen LogP contribution in [0.15, 0.2) is 66.7 Å². The molecule has 0 heterocycles. The Labute approximate surface area is 136 Å². The van der Waals surface area contributed by atoms with Gasteiger partial charge in [-0.05, 0) is 28.8 Å². The van der Waals surface area contributed by atoms with Gasteiger partial charge in [-0.2, -0.15) is 0 Å². The molecular weight excluding hydrogens is 286 g/mol. The second-order valence-corrected chi connectivity index (χ2v) is 5.76. The highest BCUT2D eigenvalue weighted by molar-refractivity contribution is 5.87. The molecule has 0 aliphatic rings. The van der Waals surface area contributed by atoms with Gasteiger partial charge in [-0.15, -0.1) is 0 Å². The Kier molecular flexibility index (Phi) is 4.91. The summed E-state index contributed by atoms with van der Waals surface area (Å²) in [5, 5.41) is 25.6. The summed E-state index contributed by atoms with van der Waals surface area (Å²) in [6.45, 7) is 1.01. The molecule has 0 spiro atoms. The Morgan fingerprint density at radius 3 is 2.43 bits per heavy atom. The first-order valence-corrected chi connectivity index (χ1v) is 7.86. The van der Waals surface area contributed by atoms with Gasteiger partial charge >= 0.3 is 0 Å². The number of hydrogen-bond donors (Lipinski definition) is 3. The molecule has 3 rings (SSSR count). The molecule has 3 N–H and O–H groups in total. The molecule has 0 fully saturated rings. The van der Waals surface area contributed by atoms with Gasteiger partial charge in [-0.3, -0.25) is 0 Å². The fourth-order valence-corrected chi connectivity index (χ4v) is 2.83. The average Bonchev–Trinajstić information content (AvgIpc) is 2.58. The number of aliphatic hydroxyl groups is 1. The smallest absolute Gasteiger partial charge is 0.120 e. The molecule has 3 aromatic rings. The predicted molar refractivity (Wildman–Crippen MR) is 93.5 cm³/mol. The molecule has 0 aliphatic heterocycles. The van der Waals surface area contributed by atoms with Crippen molar-refractivity contribution in [3.63, 3.8) is 0 Å². The fourth-order valence-electron chi connectivity index (χ4n) is 2.83. The van der Waals surface area contributed by atoms with Crippen molar-refractivity contribution in [3.8, 4) is 5.75 Å². The van der Waals surface area contributed by atoms with Crippen LogP contribution in [-0.2, 0) is 13.0 Å². The summed E-state index contributed by atoms with van der Waals surface area (Å²) in [6, 6.07) is 21.6. The molecule has 0 saturated heterocycles. The summed E-state index contributed by atoms with van der Waals surface area (Å²) < 4.78 is 0. The molecule has 0 aliphatic carbocycles. The first-order valence-electron chi connectivity index (χ1n) is 7.86. The van der Waals surface area contributed by atoms with Gasteiger partial charge in [0.05, 0.1) is 6.10 Å².